The molecule has 18 heavy (non-hydrogen) atoms. The van der Waals surface area contributed by atoms with Crippen LogP contribution in [0, 0.1) is 5.41 Å². The van der Waals surface area contributed by atoms with Gasteiger partial charge in [0.05, 0.1) is 6.61 Å². The van der Waals surface area contributed by atoms with Crippen molar-refractivity contribution >= 4 is 18.0 Å². The average Bonchev–Trinajstić information content (AvgIpc) is 3.18. The van der Waals surface area contributed by atoms with Crippen LogP contribution in [0.25, 0.3) is 0 Å². The fourth-order valence-electron chi connectivity index (χ4n) is 1.72. The summed E-state index contributed by atoms with van der Waals surface area (Å²) in [6, 6.07) is 6.64. The summed E-state index contributed by atoms with van der Waals surface area (Å²) in [5, 5.41) is 14.5. The molecule has 3 N–H and O–H groups in total. The van der Waals surface area contributed by atoms with E-state index in [1.807, 2.05) is 0 Å². The Bertz CT molecular complexity index is 438. The molecule has 1 saturated carbocycles. The fraction of sp³-hybridized carbons (Fsp3) is 0.385. The van der Waals surface area contributed by atoms with Gasteiger partial charge in [-0.2, -0.15) is 0 Å². The van der Waals surface area contributed by atoms with Crippen LogP contribution in [0.5, 0.6) is 0 Å². The van der Waals surface area contributed by atoms with Gasteiger partial charge in [0.1, 0.15) is 0 Å². The maximum atomic E-state index is 11.8. The van der Waals surface area contributed by atoms with Gasteiger partial charge in [0.25, 0.3) is 5.91 Å². The van der Waals surface area contributed by atoms with Crippen molar-refractivity contribution < 1.29 is 14.7 Å². The summed E-state index contributed by atoms with van der Waals surface area (Å²) in [5.41, 5.74) is 1.10. The lowest BCUT2D eigenvalue weighted by molar-refractivity contribution is -0.105. The monoisotopic (exact) mass is 248 g/mol. The van der Waals surface area contributed by atoms with Crippen LogP contribution in [0.1, 0.15) is 23.2 Å². The second-order valence-electron chi connectivity index (χ2n) is 4.68. The number of hydrogen-bond donors (Lipinski definition) is 3. The van der Waals surface area contributed by atoms with Gasteiger partial charge >= 0.3 is 0 Å². The summed E-state index contributed by atoms with van der Waals surface area (Å²) in [6.07, 6.45) is 2.52. The molecular weight excluding hydrogens is 232 g/mol. The molecule has 0 aliphatic heterocycles. The van der Waals surface area contributed by atoms with Crippen molar-refractivity contribution in [3.63, 3.8) is 0 Å². The molecule has 1 aliphatic rings. The van der Waals surface area contributed by atoms with Crippen molar-refractivity contribution in [2.45, 2.75) is 12.8 Å². The minimum atomic E-state index is -0.160. The van der Waals surface area contributed by atoms with E-state index >= 15 is 0 Å². The average molecular weight is 248 g/mol. The highest BCUT2D eigenvalue weighted by Crippen LogP contribution is 2.44. The Labute approximate surface area is 105 Å². The Morgan fingerprint density at radius 1 is 1.33 bits per heavy atom. The zero-order valence-electron chi connectivity index (χ0n) is 9.98. The minimum Gasteiger partial charge on any atom is -0.396 e. The van der Waals surface area contributed by atoms with Crippen LogP contribution < -0.4 is 10.6 Å². The number of aliphatic hydroxyl groups excluding tert-OH is 1. The number of rotatable bonds is 6. The summed E-state index contributed by atoms with van der Waals surface area (Å²) >= 11 is 0. The lowest BCUT2D eigenvalue weighted by Crippen LogP contribution is -2.31. The number of amides is 2. The maximum Gasteiger partial charge on any atom is 0.251 e. The topological polar surface area (TPSA) is 78.4 Å². The third-order valence-corrected chi connectivity index (χ3v) is 3.29. The number of carbonyl (C=O) groups is 2. The maximum absolute atomic E-state index is 11.8. The third kappa shape index (κ3) is 2.87. The van der Waals surface area contributed by atoms with Gasteiger partial charge in [-0.05, 0) is 37.1 Å². The summed E-state index contributed by atoms with van der Waals surface area (Å²) < 4.78 is 0. The summed E-state index contributed by atoms with van der Waals surface area (Å²) in [5.74, 6) is -0.160. The zero-order chi connectivity index (χ0) is 13.0. The molecule has 2 rings (SSSR count). The van der Waals surface area contributed by atoms with Crippen LogP contribution in [0.3, 0.4) is 0 Å². The molecule has 0 saturated heterocycles. The standard InChI is InChI=1S/C13H16N2O3/c16-8-13(5-6-13)7-14-12(18)10-1-3-11(4-2-10)15-9-17/h1-4,9,16H,5-8H2,(H,14,18)(H,15,17). The summed E-state index contributed by atoms with van der Waals surface area (Å²) in [4.78, 5) is 22.1. The molecule has 5 heteroatoms. The zero-order valence-corrected chi connectivity index (χ0v) is 9.98. The molecule has 96 valence electrons. The minimum absolute atomic E-state index is 0.0886. The normalized spacial score (nSPS) is 15.8. The number of nitrogens with one attached hydrogen (secondary N) is 2. The Morgan fingerprint density at radius 2 is 2.00 bits per heavy atom. The highest BCUT2D eigenvalue weighted by Gasteiger charge is 2.42. The summed E-state index contributed by atoms with van der Waals surface area (Å²) in [6.45, 7) is 0.631. The first-order valence-corrected chi connectivity index (χ1v) is 5.88. The first-order valence-electron chi connectivity index (χ1n) is 5.88. The van der Waals surface area contributed by atoms with Crippen molar-refractivity contribution in [3.05, 3.63) is 29.8 Å². The first-order chi connectivity index (χ1) is 8.69. The van der Waals surface area contributed by atoms with E-state index in [0.29, 0.717) is 24.2 Å². The van der Waals surface area contributed by atoms with E-state index in [-0.39, 0.29) is 17.9 Å². The van der Waals surface area contributed by atoms with Gasteiger partial charge in [-0.1, -0.05) is 0 Å². The molecule has 0 unspecified atom stereocenters. The largest absolute Gasteiger partial charge is 0.396 e. The van der Waals surface area contributed by atoms with E-state index < -0.39 is 0 Å². The highest BCUT2D eigenvalue weighted by atomic mass is 16.3. The number of benzene rings is 1. The van der Waals surface area contributed by atoms with Gasteiger partial charge < -0.3 is 15.7 Å². The molecule has 0 atom stereocenters. The molecule has 1 aromatic carbocycles. The molecule has 0 radical (unpaired) electrons. The van der Waals surface area contributed by atoms with Gasteiger partial charge in [0.2, 0.25) is 6.41 Å². The van der Waals surface area contributed by atoms with E-state index in [1.165, 1.54) is 0 Å². The van der Waals surface area contributed by atoms with Crippen LogP contribution in [-0.4, -0.2) is 30.6 Å². The fourth-order valence-corrected chi connectivity index (χ4v) is 1.72. The van der Waals surface area contributed by atoms with E-state index in [0.717, 1.165) is 12.8 Å². The molecule has 1 aromatic rings. The van der Waals surface area contributed by atoms with E-state index in [2.05, 4.69) is 10.6 Å². The van der Waals surface area contributed by atoms with Crippen molar-refractivity contribution in [1.82, 2.24) is 5.32 Å². The van der Waals surface area contributed by atoms with Gasteiger partial charge in [0, 0.05) is 23.2 Å². The van der Waals surface area contributed by atoms with E-state index in [1.54, 1.807) is 24.3 Å². The molecule has 1 aliphatic carbocycles. The van der Waals surface area contributed by atoms with Crippen molar-refractivity contribution in [2.75, 3.05) is 18.5 Å². The van der Waals surface area contributed by atoms with Gasteiger partial charge in [-0.15, -0.1) is 0 Å². The van der Waals surface area contributed by atoms with Crippen LogP contribution in [0.4, 0.5) is 5.69 Å². The SMILES string of the molecule is O=CNc1ccc(C(=O)NCC2(CO)CC2)cc1. The quantitative estimate of drug-likeness (QED) is 0.650. The van der Waals surface area contributed by atoms with Gasteiger partial charge in [-0.25, -0.2) is 0 Å². The van der Waals surface area contributed by atoms with Crippen molar-refractivity contribution in [2.24, 2.45) is 5.41 Å². The Hall–Kier alpha value is -1.88. The number of hydrogen-bond acceptors (Lipinski definition) is 3. The summed E-state index contributed by atoms with van der Waals surface area (Å²) in [7, 11) is 0. The molecule has 0 heterocycles. The molecular formula is C13H16N2O3. The van der Waals surface area contributed by atoms with E-state index in [4.69, 9.17) is 5.11 Å². The molecule has 2 amide bonds. The highest BCUT2D eigenvalue weighted by molar-refractivity contribution is 5.94. The van der Waals surface area contributed by atoms with Gasteiger partial charge in [-0.3, -0.25) is 9.59 Å². The molecule has 0 spiro atoms. The lowest BCUT2D eigenvalue weighted by Gasteiger charge is -2.12. The molecule has 5 nitrogen and oxygen atoms in total. The predicted octanol–water partition coefficient (Wildman–Crippen LogP) is 0.757. The molecule has 1 fully saturated rings. The first kappa shape index (κ1) is 12.6. The van der Waals surface area contributed by atoms with Crippen LogP contribution in [0.15, 0.2) is 24.3 Å². The predicted molar refractivity (Wildman–Crippen MR) is 67.2 cm³/mol. The van der Waals surface area contributed by atoms with Crippen LogP contribution >= 0.6 is 0 Å². The van der Waals surface area contributed by atoms with Crippen molar-refractivity contribution in [1.29, 1.82) is 0 Å². The number of carbonyl (C=O) groups excluding carboxylic acids is 2. The van der Waals surface area contributed by atoms with Crippen LogP contribution in [0.2, 0.25) is 0 Å². The van der Waals surface area contributed by atoms with Crippen molar-refractivity contribution in [3.8, 4) is 0 Å². The Balaban J connectivity index is 1.90. The number of aliphatic hydroxyl groups is 1. The lowest BCUT2D eigenvalue weighted by atomic mass is 10.1. The van der Waals surface area contributed by atoms with Crippen LogP contribution in [-0.2, 0) is 4.79 Å². The molecule has 0 aromatic heterocycles. The Kier molecular flexibility index (Phi) is 3.62. The Morgan fingerprint density at radius 3 is 2.50 bits per heavy atom. The van der Waals surface area contributed by atoms with E-state index in [9.17, 15) is 9.59 Å². The third-order valence-electron chi connectivity index (χ3n) is 3.29. The molecule has 0 bridgehead atoms. The number of anilines is 1. The second kappa shape index (κ2) is 5.18. The second-order valence-corrected chi connectivity index (χ2v) is 4.68. The van der Waals surface area contributed by atoms with Gasteiger partial charge in [0.15, 0.2) is 0 Å². The smallest absolute Gasteiger partial charge is 0.251 e.